The normalized spacial score (nSPS) is 24.9. The molecule has 0 spiro atoms. The third kappa shape index (κ3) is 1.90. The lowest BCUT2D eigenvalue weighted by Crippen LogP contribution is -2.13. The van der Waals surface area contributed by atoms with Gasteiger partial charge in [-0.25, -0.2) is 4.98 Å². The Hall–Kier alpha value is -0.450. The summed E-state index contributed by atoms with van der Waals surface area (Å²) in [6, 6.07) is 0.545. The van der Waals surface area contributed by atoms with Crippen LogP contribution in [0.3, 0.4) is 0 Å². The molecule has 0 amide bonds. The first-order chi connectivity index (χ1) is 6.27. The van der Waals surface area contributed by atoms with E-state index in [2.05, 4.69) is 15.7 Å². The number of hydrogen-bond donors (Lipinski definition) is 2. The molecular formula is C9H15N3S. The van der Waals surface area contributed by atoms with Crippen molar-refractivity contribution in [2.75, 3.05) is 6.54 Å². The predicted octanol–water partition coefficient (Wildman–Crippen LogP) is 1.59. The van der Waals surface area contributed by atoms with Crippen LogP contribution in [0, 0.1) is 0 Å². The van der Waals surface area contributed by atoms with E-state index in [1.54, 1.807) is 11.3 Å². The molecule has 0 aromatic carbocycles. The smallest absolute Gasteiger partial charge is 0.110 e. The molecule has 0 radical (unpaired) electrons. The van der Waals surface area contributed by atoms with Crippen molar-refractivity contribution in [3.05, 3.63) is 16.1 Å². The van der Waals surface area contributed by atoms with Crippen LogP contribution in [0.4, 0.5) is 0 Å². The van der Waals surface area contributed by atoms with E-state index in [9.17, 15) is 0 Å². The molecule has 1 aromatic heterocycles. The molecular weight excluding hydrogens is 182 g/mol. The molecule has 2 unspecified atom stereocenters. The highest BCUT2D eigenvalue weighted by molar-refractivity contribution is 7.09. The second-order valence-corrected chi connectivity index (χ2v) is 4.44. The molecule has 2 rings (SSSR count). The third-order valence-corrected chi connectivity index (χ3v) is 3.34. The monoisotopic (exact) mass is 197 g/mol. The molecule has 0 saturated carbocycles. The van der Waals surface area contributed by atoms with Crippen LogP contribution in [-0.4, -0.2) is 11.5 Å². The highest BCUT2D eigenvalue weighted by Crippen LogP contribution is 2.26. The molecule has 1 saturated heterocycles. The van der Waals surface area contributed by atoms with Gasteiger partial charge in [-0.2, -0.15) is 0 Å². The van der Waals surface area contributed by atoms with E-state index in [4.69, 9.17) is 5.73 Å². The zero-order valence-electron chi connectivity index (χ0n) is 7.79. The summed E-state index contributed by atoms with van der Waals surface area (Å²) in [5.74, 6) is 0. The van der Waals surface area contributed by atoms with Crippen LogP contribution in [0.25, 0.3) is 0 Å². The Bertz CT molecular complexity index is 276. The van der Waals surface area contributed by atoms with Crippen molar-refractivity contribution >= 4 is 11.3 Å². The fraction of sp³-hybridized carbons (Fsp3) is 0.667. The number of hydrogen-bond acceptors (Lipinski definition) is 4. The largest absolute Gasteiger partial charge is 0.323 e. The Balaban J connectivity index is 2.12. The fourth-order valence-corrected chi connectivity index (χ4v) is 2.60. The topological polar surface area (TPSA) is 50.9 Å². The van der Waals surface area contributed by atoms with E-state index in [-0.39, 0.29) is 6.04 Å². The van der Waals surface area contributed by atoms with E-state index in [1.165, 1.54) is 17.8 Å². The van der Waals surface area contributed by atoms with E-state index in [1.807, 2.05) is 6.92 Å². The molecule has 2 atom stereocenters. The lowest BCUT2D eigenvalue weighted by atomic mass is 10.2. The minimum atomic E-state index is 0.0615. The van der Waals surface area contributed by atoms with Crippen LogP contribution < -0.4 is 11.1 Å². The van der Waals surface area contributed by atoms with Crippen molar-refractivity contribution in [2.24, 2.45) is 5.73 Å². The minimum Gasteiger partial charge on any atom is -0.323 e. The molecule has 72 valence electrons. The summed E-state index contributed by atoms with van der Waals surface area (Å²) < 4.78 is 0. The zero-order valence-corrected chi connectivity index (χ0v) is 8.60. The highest BCUT2D eigenvalue weighted by atomic mass is 32.1. The van der Waals surface area contributed by atoms with Gasteiger partial charge in [0.05, 0.1) is 11.7 Å². The van der Waals surface area contributed by atoms with Gasteiger partial charge < -0.3 is 11.1 Å². The van der Waals surface area contributed by atoms with E-state index < -0.39 is 0 Å². The summed E-state index contributed by atoms with van der Waals surface area (Å²) in [5, 5.41) is 6.70. The number of aromatic nitrogens is 1. The van der Waals surface area contributed by atoms with Gasteiger partial charge in [0.15, 0.2) is 0 Å². The first-order valence-electron chi connectivity index (χ1n) is 4.71. The Morgan fingerprint density at radius 1 is 1.77 bits per heavy atom. The van der Waals surface area contributed by atoms with Gasteiger partial charge in [0.1, 0.15) is 5.01 Å². The van der Waals surface area contributed by atoms with Crippen molar-refractivity contribution < 1.29 is 0 Å². The van der Waals surface area contributed by atoms with Crippen molar-refractivity contribution in [3.63, 3.8) is 0 Å². The van der Waals surface area contributed by atoms with E-state index in [0.29, 0.717) is 6.04 Å². The number of thiazole rings is 1. The van der Waals surface area contributed by atoms with Gasteiger partial charge in [-0.05, 0) is 26.3 Å². The first kappa shape index (κ1) is 9.12. The summed E-state index contributed by atoms with van der Waals surface area (Å²) in [6.07, 6.45) is 2.48. The van der Waals surface area contributed by atoms with Crippen LogP contribution in [0.1, 0.15) is 42.6 Å². The molecule has 1 aliphatic rings. The fourth-order valence-electron chi connectivity index (χ4n) is 1.57. The molecule has 3 nitrogen and oxygen atoms in total. The summed E-state index contributed by atoms with van der Waals surface area (Å²) in [5.41, 5.74) is 6.77. The Morgan fingerprint density at radius 2 is 2.62 bits per heavy atom. The van der Waals surface area contributed by atoms with Crippen LogP contribution in [0.15, 0.2) is 5.38 Å². The van der Waals surface area contributed by atoms with Gasteiger partial charge in [-0.15, -0.1) is 11.3 Å². The molecule has 3 N–H and O–H groups in total. The van der Waals surface area contributed by atoms with Crippen LogP contribution in [-0.2, 0) is 0 Å². The maximum atomic E-state index is 5.75. The number of nitrogens with zero attached hydrogens (tertiary/aromatic N) is 1. The average molecular weight is 197 g/mol. The maximum Gasteiger partial charge on any atom is 0.110 e. The quantitative estimate of drug-likeness (QED) is 0.757. The van der Waals surface area contributed by atoms with Gasteiger partial charge in [0, 0.05) is 11.4 Å². The Morgan fingerprint density at radius 3 is 3.15 bits per heavy atom. The van der Waals surface area contributed by atoms with Gasteiger partial charge in [0.25, 0.3) is 0 Å². The third-order valence-electron chi connectivity index (χ3n) is 2.36. The second kappa shape index (κ2) is 3.74. The van der Waals surface area contributed by atoms with Crippen molar-refractivity contribution in [2.45, 2.75) is 31.8 Å². The molecule has 0 aliphatic carbocycles. The van der Waals surface area contributed by atoms with Gasteiger partial charge in [-0.3, -0.25) is 0 Å². The van der Waals surface area contributed by atoms with Gasteiger partial charge in [0.2, 0.25) is 0 Å². The lowest BCUT2D eigenvalue weighted by molar-refractivity contribution is 0.636. The van der Waals surface area contributed by atoms with Crippen molar-refractivity contribution in [1.29, 1.82) is 0 Å². The number of rotatable bonds is 2. The van der Waals surface area contributed by atoms with Crippen LogP contribution >= 0.6 is 11.3 Å². The van der Waals surface area contributed by atoms with Crippen molar-refractivity contribution in [3.8, 4) is 0 Å². The van der Waals surface area contributed by atoms with E-state index in [0.717, 1.165) is 12.2 Å². The molecule has 1 aliphatic heterocycles. The molecule has 4 heteroatoms. The van der Waals surface area contributed by atoms with Crippen LogP contribution in [0.2, 0.25) is 0 Å². The second-order valence-electron chi connectivity index (χ2n) is 3.55. The van der Waals surface area contributed by atoms with Crippen LogP contribution in [0.5, 0.6) is 0 Å². The lowest BCUT2D eigenvalue weighted by Gasteiger charge is -2.05. The predicted molar refractivity (Wildman–Crippen MR) is 54.7 cm³/mol. The first-order valence-corrected chi connectivity index (χ1v) is 5.59. The number of nitrogens with one attached hydrogen (secondary N) is 1. The summed E-state index contributed by atoms with van der Waals surface area (Å²) in [7, 11) is 0. The van der Waals surface area contributed by atoms with Crippen molar-refractivity contribution in [1.82, 2.24) is 10.3 Å². The SMILES string of the molecule is CC(N)c1csc(C2CCCN2)n1. The Labute approximate surface area is 82.4 Å². The molecule has 1 aromatic rings. The minimum absolute atomic E-state index is 0.0615. The summed E-state index contributed by atoms with van der Waals surface area (Å²) >= 11 is 1.72. The molecule has 0 bridgehead atoms. The van der Waals surface area contributed by atoms with Gasteiger partial charge >= 0.3 is 0 Å². The average Bonchev–Trinajstić information content (AvgIpc) is 2.75. The summed E-state index contributed by atoms with van der Waals surface area (Å²) in [4.78, 5) is 4.52. The molecule has 13 heavy (non-hydrogen) atoms. The standard InChI is InChI=1S/C9H15N3S/c1-6(10)8-5-13-9(12-8)7-3-2-4-11-7/h5-7,11H,2-4,10H2,1H3. The highest BCUT2D eigenvalue weighted by Gasteiger charge is 2.19. The Kier molecular flexibility index (Phi) is 2.62. The maximum absolute atomic E-state index is 5.75. The molecule has 2 heterocycles. The zero-order chi connectivity index (χ0) is 9.26. The van der Waals surface area contributed by atoms with Gasteiger partial charge in [-0.1, -0.05) is 0 Å². The summed E-state index contributed by atoms with van der Waals surface area (Å²) in [6.45, 7) is 3.10. The molecule has 1 fully saturated rings. The van der Waals surface area contributed by atoms with E-state index >= 15 is 0 Å². The number of nitrogens with two attached hydrogens (primary N) is 1.